The van der Waals surface area contributed by atoms with E-state index in [0.717, 1.165) is 22.5 Å². The predicted octanol–water partition coefficient (Wildman–Crippen LogP) is 2.67. The number of rotatable bonds is 5. The molecule has 9 nitrogen and oxygen atoms in total. The van der Waals surface area contributed by atoms with E-state index in [9.17, 15) is 28.3 Å². The minimum atomic E-state index is -1.02. The van der Waals surface area contributed by atoms with Gasteiger partial charge in [-0.05, 0) is 24.1 Å². The second-order valence-corrected chi connectivity index (χ2v) is 9.36. The summed E-state index contributed by atoms with van der Waals surface area (Å²) in [6.45, 7) is 0.0685. The number of hydrogen-bond acceptors (Lipinski definition) is 5. The van der Waals surface area contributed by atoms with Crippen LogP contribution >= 0.6 is 0 Å². The lowest BCUT2D eigenvalue weighted by atomic mass is 10.0. The van der Waals surface area contributed by atoms with Crippen LogP contribution < -0.4 is 10.7 Å². The molecule has 11 heteroatoms. The Morgan fingerprint density at radius 3 is 2.79 bits per heavy atom. The van der Waals surface area contributed by atoms with Crippen molar-refractivity contribution >= 4 is 22.7 Å². The Bertz CT molecular complexity index is 1660. The summed E-state index contributed by atoms with van der Waals surface area (Å²) >= 11 is 0. The highest BCUT2D eigenvalue weighted by atomic mass is 19.1. The lowest BCUT2D eigenvalue weighted by molar-refractivity contribution is 0.00576. The summed E-state index contributed by atoms with van der Waals surface area (Å²) in [6.07, 6.45) is 2.96. The Kier molecular flexibility index (Phi) is 5.72. The van der Waals surface area contributed by atoms with Gasteiger partial charge in [-0.15, -0.1) is 0 Å². The maximum absolute atomic E-state index is 13.9. The Labute approximate surface area is 214 Å². The number of hydrogen-bond donors (Lipinski definition) is 3. The molecule has 0 saturated carbocycles. The molecule has 4 aromatic rings. The van der Waals surface area contributed by atoms with E-state index in [0.29, 0.717) is 12.5 Å². The van der Waals surface area contributed by atoms with Crippen LogP contribution in [0.5, 0.6) is 5.75 Å². The van der Waals surface area contributed by atoms with Gasteiger partial charge in [-0.25, -0.2) is 8.78 Å². The van der Waals surface area contributed by atoms with E-state index < -0.39 is 46.4 Å². The van der Waals surface area contributed by atoms with Gasteiger partial charge in [0.25, 0.3) is 11.8 Å². The zero-order valence-electron chi connectivity index (χ0n) is 19.9. The topological polar surface area (TPSA) is 117 Å². The molecule has 2 amide bonds. The number of ether oxygens (including phenoxy) is 1. The van der Waals surface area contributed by atoms with Crippen molar-refractivity contribution in [2.24, 2.45) is 0 Å². The van der Waals surface area contributed by atoms with E-state index in [1.54, 1.807) is 0 Å². The molecule has 2 aliphatic rings. The minimum absolute atomic E-state index is 0.0217. The Morgan fingerprint density at radius 1 is 1.16 bits per heavy atom. The maximum Gasteiger partial charge on any atom is 0.276 e. The van der Waals surface area contributed by atoms with E-state index >= 15 is 0 Å². The number of nitrogens with one attached hydrogen (secondary N) is 2. The second-order valence-electron chi connectivity index (χ2n) is 9.36. The van der Waals surface area contributed by atoms with Crippen LogP contribution in [-0.4, -0.2) is 50.2 Å². The van der Waals surface area contributed by atoms with Gasteiger partial charge >= 0.3 is 0 Å². The zero-order chi connectivity index (χ0) is 26.6. The van der Waals surface area contributed by atoms with Crippen molar-refractivity contribution in [3.63, 3.8) is 0 Å². The number of H-pyrrole nitrogens is 1. The predicted molar refractivity (Wildman–Crippen MR) is 132 cm³/mol. The average molecular weight is 520 g/mol. The molecule has 2 aromatic carbocycles. The highest BCUT2D eigenvalue weighted by Crippen LogP contribution is 2.32. The molecule has 2 aromatic heterocycles. The fourth-order valence-electron chi connectivity index (χ4n) is 5.17. The van der Waals surface area contributed by atoms with E-state index in [2.05, 4.69) is 10.3 Å². The van der Waals surface area contributed by atoms with E-state index in [-0.39, 0.29) is 37.0 Å². The van der Waals surface area contributed by atoms with Crippen LogP contribution in [0.1, 0.15) is 32.0 Å². The first-order valence-corrected chi connectivity index (χ1v) is 12.0. The highest BCUT2D eigenvalue weighted by molar-refractivity contribution is 5.99. The first-order valence-electron chi connectivity index (χ1n) is 12.0. The molecule has 3 N–H and O–H groups in total. The summed E-state index contributed by atoms with van der Waals surface area (Å²) in [4.78, 5) is 43.8. The molecule has 38 heavy (non-hydrogen) atoms. The molecule has 0 aliphatic carbocycles. The Morgan fingerprint density at radius 2 is 1.97 bits per heavy atom. The molecular weight excluding hydrogens is 498 g/mol. The van der Waals surface area contributed by atoms with Crippen LogP contribution in [0.25, 0.3) is 10.9 Å². The van der Waals surface area contributed by atoms with Crippen molar-refractivity contribution in [3.05, 3.63) is 99.1 Å². The van der Waals surface area contributed by atoms with Gasteiger partial charge in [0.1, 0.15) is 17.2 Å². The molecule has 6 rings (SSSR count). The lowest BCUT2D eigenvalue weighted by Crippen LogP contribution is -2.50. The number of nitrogens with zero attached hydrogens (tertiary/aromatic N) is 2. The summed E-state index contributed by atoms with van der Waals surface area (Å²) in [5.41, 5.74) is 0.358. The fourth-order valence-corrected chi connectivity index (χ4v) is 5.17. The summed E-state index contributed by atoms with van der Waals surface area (Å²) in [5, 5.41) is 14.1. The Balaban J connectivity index is 1.25. The van der Waals surface area contributed by atoms with Crippen LogP contribution in [0, 0.1) is 11.6 Å². The van der Waals surface area contributed by atoms with Gasteiger partial charge in [0.15, 0.2) is 17.7 Å². The van der Waals surface area contributed by atoms with Gasteiger partial charge < -0.3 is 29.6 Å². The lowest BCUT2D eigenvalue weighted by Gasteiger charge is -2.34. The van der Waals surface area contributed by atoms with Crippen LogP contribution in [0.3, 0.4) is 0 Å². The summed E-state index contributed by atoms with van der Waals surface area (Å²) in [5.74, 6) is -3.89. The van der Waals surface area contributed by atoms with Gasteiger partial charge in [0.2, 0.25) is 5.43 Å². The Hall–Kier alpha value is -4.51. The molecule has 0 spiro atoms. The number of aromatic nitrogens is 2. The molecule has 1 fully saturated rings. The van der Waals surface area contributed by atoms with Crippen LogP contribution in [0.15, 0.2) is 59.7 Å². The third-order valence-corrected chi connectivity index (χ3v) is 7.06. The molecule has 1 saturated heterocycles. The maximum atomic E-state index is 13.9. The molecule has 2 aliphatic heterocycles. The molecule has 0 unspecified atom stereocenters. The quantitative estimate of drug-likeness (QED) is 0.374. The first kappa shape index (κ1) is 23.9. The average Bonchev–Trinajstić information content (AvgIpc) is 3.50. The normalized spacial score (nSPS) is 18.5. The van der Waals surface area contributed by atoms with Crippen LogP contribution in [0.4, 0.5) is 8.78 Å². The zero-order valence-corrected chi connectivity index (χ0v) is 19.9. The number of benzene rings is 2. The molecule has 194 valence electrons. The number of amides is 2. The van der Waals surface area contributed by atoms with Crippen molar-refractivity contribution in [1.29, 1.82) is 0 Å². The van der Waals surface area contributed by atoms with Crippen molar-refractivity contribution < 1.29 is 28.2 Å². The van der Waals surface area contributed by atoms with Gasteiger partial charge in [-0.3, -0.25) is 14.4 Å². The molecule has 4 heterocycles. The highest BCUT2D eigenvalue weighted by Gasteiger charge is 2.44. The fraction of sp³-hybridized carbons (Fsp3) is 0.222. The van der Waals surface area contributed by atoms with Crippen molar-refractivity contribution in [2.75, 3.05) is 6.61 Å². The number of carbonyl (C=O) groups is 2. The van der Waals surface area contributed by atoms with Crippen molar-refractivity contribution in [3.8, 4) is 5.75 Å². The smallest absolute Gasteiger partial charge is 0.276 e. The van der Waals surface area contributed by atoms with Crippen molar-refractivity contribution in [1.82, 2.24) is 19.8 Å². The molecule has 0 bridgehead atoms. The third-order valence-electron chi connectivity index (χ3n) is 7.06. The number of para-hydroxylation sites is 1. The van der Waals surface area contributed by atoms with Gasteiger partial charge in [0.05, 0.1) is 19.2 Å². The first-order chi connectivity index (χ1) is 18.3. The molecule has 2 atom stereocenters. The monoisotopic (exact) mass is 520 g/mol. The van der Waals surface area contributed by atoms with Gasteiger partial charge in [0, 0.05) is 41.5 Å². The summed E-state index contributed by atoms with van der Waals surface area (Å²) in [7, 11) is 0. The van der Waals surface area contributed by atoms with Gasteiger partial charge in [-0.1, -0.05) is 24.3 Å². The standard InChI is InChI=1S/C27H22F2N4O5/c28-16-6-5-14(20(29)8-16)9-31-26(36)19-11-32-12-22-33(27(37)23(32)25(35)24(19)34)17(13-38-22)7-15-10-30-21-4-2-1-3-18(15)21/h1-6,8,10-11,17,22,30,35H,7,9,12-13H2,(H,31,36)/t17-,22+/m1/s1. The van der Waals surface area contributed by atoms with E-state index in [4.69, 9.17) is 4.74 Å². The van der Waals surface area contributed by atoms with E-state index in [1.165, 1.54) is 21.7 Å². The number of fused-ring (bicyclic) bond motifs is 3. The number of pyridine rings is 1. The number of aromatic hydroxyl groups is 1. The molecule has 0 radical (unpaired) electrons. The number of carbonyl (C=O) groups excluding carboxylic acids is 2. The minimum Gasteiger partial charge on any atom is -0.503 e. The summed E-state index contributed by atoms with van der Waals surface area (Å²) in [6, 6.07) is 10.4. The number of aromatic amines is 1. The largest absolute Gasteiger partial charge is 0.503 e. The SMILES string of the molecule is O=C(NCc1ccc(F)cc1F)c1cn2c(c(O)c1=O)C(=O)N1[C@H](Cc3c[nH]c4ccccc34)CO[C@H]1C2. The summed E-state index contributed by atoms with van der Waals surface area (Å²) < 4.78 is 34.3. The van der Waals surface area contributed by atoms with Crippen LogP contribution in [-0.2, 0) is 24.2 Å². The van der Waals surface area contributed by atoms with Crippen molar-refractivity contribution in [2.45, 2.75) is 31.8 Å². The van der Waals surface area contributed by atoms with Gasteiger partial charge in [-0.2, -0.15) is 0 Å². The molecular formula is C27H22F2N4O5. The number of halogens is 2. The van der Waals surface area contributed by atoms with E-state index in [1.807, 2.05) is 30.5 Å². The third kappa shape index (κ3) is 3.91. The van der Waals surface area contributed by atoms with Crippen LogP contribution in [0.2, 0.25) is 0 Å². The second kappa shape index (κ2) is 9.10.